The van der Waals surface area contributed by atoms with E-state index >= 15 is 0 Å². The van der Waals surface area contributed by atoms with Crippen molar-refractivity contribution < 1.29 is 21.8 Å². The summed E-state index contributed by atoms with van der Waals surface area (Å²) < 4.78 is 35.2. The van der Waals surface area contributed by atoms with Crippen molar-refractivity contribution in [3.8, 4) is 5.75 Å². The van der Waals surface area contributed by atoms with E-state index in [9.17, 15) is 13.2 Å². The van der Waals surface area contributed by atoms with Crippen molar-refractivity contribution in [3.05, 3.63) is 77.7 Å². The normalized spacial score (nSPS) is 11.2. The van der Waals surface area contributed by atoms with Crippen LogP contribution in [0.4, 0.5) is 5.69 Å². The number of carbonyl (C=O) groups excluding carboxylic acids is 1. The van der Waals surface area contributed by atoms with Crippen LogP contribution in [-0.4, -0.2) is 14.3 Å². The van der Waals surface area contributed by atoms with Crippen LogP contribution >= 0.6 is 0 Å². The second-order valence-electron chi connectivity index (χ2n) is 5.76. The zero-order valence-corrected chi connectivity index (χ0v) is 15.0. The Bertz CT molecular complexity index is 1020. The molecule has 0 fully saturated rings. The van der Waals surface area contributed by atoms with E-state index in [1.807, 2.05) is 13.0 Å². The van der Waals surface area contributed by atoms with Crippen LogP contribution < -0.4 is 9.50 Å². The summed E-state index contributed by atoms with van der Waals surface area (Å²) in [5.74, 6) is -0.0589. The van der Waals surface area contributed by atoms with Crippen molar-refractivity contribution in [2.24, 2.45) is 0 Å². The summed E-state index contributed by atoms with van der Waals surface area (Å²) in [4.78, 5) is 12.0. The minimum atomic E-state index is -3.94. The third kappa shape index (κ3) is 3.94. The van der Waals surface area contributed by atoms with E-state index in [-0.39, 0.29) is 16.4 Å². The van der Waals surface area contributed by atoms with Gasteiger partial charge in [-0.1, -0.05) is 12.1 Å². The van der Waals surface area contributed by atoms with Crippen molar-refractivity contribution >= 4 is 21.7 Å². The third-order valence-corrected chi connectivity index (χ3v) is 5.07. The van der Waals surface area contributed by atoms with Crippen molar-refractivity contribution in [1.29, 1.82) is 0 Å². The van der Waals surface area contributed by atoms with Crippen LogP contribution in [0.3, 0.4) is 0 Å². The van der Waals surface area contributed by atoms with Crippen LogP contribution in [0, 0.1) is 13.8 Å². The molecule has 0 atom stereocenters. The lowest BCUT2D eigenvalue weighted by molar-refractivity contribution is 0.0996. The van der Waals surface area contributed by atoms with Crippen LogP contribution in [-0.2, 0) is 10.1 Å². The SMILES string of the molecule is Cc1ccc(C)c(S(=O)(=O)Oc2ccc(NC(=O)c3ccco3)cc2)c1. The van der Waals surface area contributed by atoms with Crippen molar-refractivity contribution in [2.75, 3.05) is 5.32 Å². The maximum atomic E-state index is 12.5. The zero-order chi connectivity index (χ0) is 18.7. The van der Waals surface area contributed by atoms with Gasteiger partial charge in [0.05, 0.1) is 6.26 Å². The summed E-state index contributed by atoms with van der Waals surface area (Å²) in [7, 11) is -3.94. The third-order valence-electron chi connectivity index (χ3n) is 3.68. The van der Waals surface area contributed by atoms with Gasteiger partial charge >= 0.3 is 10.1 Å². The molecule has 0 radical (unpaired) electrons. The van der Waals surface area contributed by atoms with Gasteiger partial charge in [-0.05, 0) is 67.4 Å². The number of benzene rings is 2. The topological polar surface area (TPSA) is 85.6 Å². The number of hydrogen-bond donors (Lipinski definition) is 1. The van der Waals surface area contributed by atoms with Crippen molar-refractivity contribution in [3.63, 3.8) is 0 Å². The molecule has 1 N–H and O–H groups in total. The molecule has 1 aromatic heterocycles. The summed E-state index contributed by atoms with van der Waals surface area (Å²) in [6.45, 7) is 3.53. The van der Waals surface area contributed by atoms with Crippen molar-refractivity contribution in [1.82, 2.24) is 0 Å². The Morgan fingerprint density at radius 1 is 1.04 bits per heavy atom. The number of furan rings is 1. The molecular formula is C19H17NO5S. The monoisotopic (exact) mass is 371 g/mol. The molecule has 0 aliphatic rings. The average molecular weight is 371 g/mol. The van der Waals surface area contributed by atoms with Crippen LogP contribution in [0.1, 0.15) is 21.7 Å². The predicted octanol–water partition coefficient (Wildman–Crippen LogP) is 3.92. The van der Waals surface area contributed by atoms with Gasteiger partial charge in [-0.3, -0.25) is 4.79 Å². The minimum Gasteiger partial charge on any atom is -0.459 e. The predicted molar refractivity (Wildman–Crippen MR) is 96.8 cm³/mol. The summed E-state index contributed by atoms with van der Waals surface area (Å²) in [6.07, 6.45) is 1.41. The van der Waals surface area contributed by atoms with Crippen molar-refractivity contribution in [2.45, 2.75) is 18.7 Å². The van der Waals surface area contributed by atoms with Crippen LogP contribution in [0.2, 0.25) is 0 Å². The highest BCUT2D eigenvalue weighted by Gasteiger charge is 2.19. The standard InChI is InChI=1S/C19H17NO5S/c1-13-5-6-14(2)18(12-13)26(22,23)25-16-9-7-15(8-10-16)20-19(21)17-4-3-11-24-17/h3-12H,1-2H3,(H,20,21). The molecule has 26 heavy (non-hydrogen) atoms. The molecule has 0 aliphatic carbocycles. The summed E-state index contributed by atoms with van der Waals surface area (Å²) in [6, 6.07) is 14.4. The molecule has 1 heterocycles. The van der Waals surface area contributed by atoms with E-state index in [0.29, 0.717) is 11.3 Å². The Morgan fingerprint density at radius 3 is 2.42 bits per heavy atom. The molecule has 134 valence electrons. The first kappa shape index (κ1) is 17.8. The molecule has 7 heteroatoms. The van der Waals surface area contributed by atoms with Gasteiger partial charge in [0, 0.05) is 5.69 Å². The number of anilines is 1. The molecule has 0 saturated heterocycles. The number of carbonyl (C=O) groups is 1. The molecule has 3 aromatic rings. The molecule has 6 nitrogen and oxygen atoms in total. The summed E-state index contributed by atoms with van der Waals surface area (Å²) >= 11 is 0. The van der Waals surface area contributed by atoms with Crippen LogP contribution in [0.15, 0.2) is 70.2 Å². The fourth-order valence-corrected chi connectivity index (χ4v) is 3.59. The fourth-order valence-electron chi connectivity index (χ4n) is 2.34. The molecule has 0 unspecified atom stereocenters. The molecule has 3 rings (SSSR count). The first-order valence-electron chi connectivity index (χ1n) is 7.82. The number of amides is 1. The van der Waals surface area contributed by atoms with E-state index < -0.39 is 16.0 Å². The second-order valence-corrected chi connectivity index (χ2v) is 7.28. The lowest BCUT2D eigenvalue weighted by atomic mass is 10.2. The highest BCUT2D eigenvalue weighted by Crippen LogP contribution is 2.23. The molecule has 0 aliphatic heterocycles. The lowest BCUT2D eigenvalue weighted by Crippen LogP contribution is -2.12. The average Bonchev–Trinajstić information content (AvgIpc) is 3.13. The molecule has 0 saturated carbocycles. The van der Waals surface area contributed by atoms with Gasteiger partial charge in [-0.2, -0.15) is 8.42 Å². The van der Waals surface area contributed by atoms with Gasteiger partial charge in [0.15, 0.2) is 5.76 Å². The van der Waals surface area contributed by atoms with Gasteiger partial charge in [0.2, 0.25) is 0 Å². The first-order chi connectivity index (χ1) is 12.3. The van der Waals surface area contributed by atoms with Gasteiger partial charge in [0.1, 0.15) is 10.6 Å². The second kappa shape index (κ2) is 7.05. The highest BCUT2D eigenvalue weighted by molar-refractivity contribution is 7.87. The minimum absolute atomic E-state index is 0.132. The number of hydrogen-bond acceptors (Lipinski definition) is 5. The Balaban J connectivity index is 1.74. The fraction of sp³-hybridized carbons (Fsp3) is 0.105. The van der Waals surface area contributed by atoms with Gasteiger partial charge in [0.25, 0.3) is 5.91 Å². The maximum Gasteiger partial charge on any atom is 0.339 e. The Morgan fingerprint density at radius 2 is 1.77 bits per heavy atom. The van der Waals surface area contributed by atoms with E-state index in [1.165, 1.54) is 18.4 Å². The smallest absolute Gasteiger partial charge is 0.339 e. The van der Waals surface area contributed by atoms with Gasteiger partial charge in [-0.25, -0.2) is 0 Å². The van der Waals surface area contributed by atoms with Crippen LogP contribution in [0.25, 0.3) is 0 Å². The molecule has 2 aromatic carbocycles. The Hall–Kier alpha value is -3.06. The Labute approximate surface area is 151 Å². The van der Waals surface area contributed by atoms with E-state index in [4.69, 9.17) is 8.60 Å². The largest absolute Gasteiger partial charge is 0.459 e. The molecular weight excluding hydrogens is 354 g/mol. The molecule has 0 spiro atoms. The Kier molecular flexibility index (Phi) is 4.81. The van der Waals surface area contributed by atoms with Gasteiger partial charge in [-0.15, -0.1) is 0 Å². The number of aryl methyl sites for hydroxylation is 2. The van der Waals surface area contributed by atoms with Crippen LogP contribution in [0.5, 0.6) is 5.75 Å². The number of nitrogens with one attached hydrogen (secondary N) is 1. The molecule has 1 amide bonds. The number of rotatable bonds is 5. The van der Waals surface area contributed by atoms with E-state index in [1.54, 1.807) is 43.3 Å². The zero-order valence-electron chi connectivity index (χ0n) is 14.2. The summed E-state index contributed by atoms with van der Waals surface area (Å²) in [5, 5.41) is 2.64. The van der Waals surface area contributed by atoms with Gasteiger partial charge < -0.3 is 13.9 Å². The quantitative estimate of drug-likeness (QED) is 0.687. The summed E-state index contributed by atoms with van der Waals surface area (Å²) in [5.41, 5.74) is 1.93. The molecule has 0 bridgehead atoms. The van der Waals surface area contributed by atoms with E-state index in [2.05, 4.69) is 5.32 Å². The maximum absolute atomic E-state index is 12.5. The lowest BCUT2D eigenvalue weighted by Gasteiger charge is -2.11. The first-order valence-corrected chi connectivity index (χ1v) is 9.23. The highest BCUT2D eigenvalue weighted by atomic mass is 32.2. The van der Waals surface area contributed by atoms with E-state index in [0.717, 1.165) is 5.56 Å².